The van der Waals surface area contributed by atoms with Gasteiger partial charge in [-0.15, -0.1) is 0 Å². The Morgan fingerprint density at radius 3 is 2.60 bits per heavy atom. The van der Waals surface area contributed by atoms with Gasteiger partial charge < -0.3 is 20.7 Å². The van der Waals surface area contributed by atoms with Crippen LogP contribution < -0.4 is 20.7 Å². The Balaban J connectivity index is 1.26. The standard InChI is InChI=1S/C22H29ClFN3O3/c1-12-4-5-25-20(6-12)22(29)27-19-10-18(13-7-14(19)8-13)26-21(28)11-30-15-2-3-16(23)17(24)9-15/h2-3,9,12-14,18-20,25H,4-8,10-11H2,1H3,(H,26,28)(H,27,29). The molecule has 3 N–H and O–H groups in total. The molecule has 1 aromatic rings. The lowest BCUT2D eigenvalue weighted by Crippen LogP contribution is -2.62. The van der Waals surface area contributed by atoms with Gasteiger partial charge in [-0.2, -0.15) is 0 Å². The molecule has 0 spiro atoms. The second-order valence-corrected chi connectivity index (χ2v) is 9.42. The van der Waals surface area contributed by atoms with E-state index in [2.05, 4.69) is 22.9 Å². The summed E-state index contributed by atoms with van der Waals surface area (Å²) in [6.45, 7) is 2.88. The minimum absolute atomic E-state index is 0.0134. The summed E-state index contributed by atoms with van der Waals surface area (Å²) < 4.78 is 18.9. The van der Waals surface area contributed by atoms with Gasteiger partial charge in [0.05, 0.1) is 11.1 Å². The van der Waals surface area contributed by atoms with E-state index in [9.17, 15) is 14.0 Å². The van der Waals surface area contributed by atoms with Gasteiger partial charge in [0.1, 0.15) is 11.6 Å². The van der Waals surface area contributed by atoms with Gasteiger partial charge in [0.2, 0.25) is 5.91 Å². The molecular weight excluding hydrogens is 409 g/mol. The van der Waals surface area contributed by atoms with E-state index in [1.807, 2.05) is 0 Å². The van der Waals surface area contributed by atoms with E-state index in [4.69, 9.17) is 16.3 Å². The third-order valence-corrected chi connectivity index (χ3v) is 7.08. The van der Waals surface area contributed by atoms with E-state index >= 15 is 0 Å². The average Bonchev–Trinajstić information content (AvgIpc) is 2.68. The molecule has 5 rings (SSSR count). The van der Waals surface area contributed by atoms with E-state index < -0.39 is 5.82 Å². The second-order valence-electron chi connectivity index (χ2n) is 9.02. The number of nitrogens with one attached hydrogen (secondary N) is 3. The lowest BCUT2D eigenvalue weighted by molar-refractivity contribution is -0.127. The van der Waals surface area contributed by atoms with Crippen LogP contribution in [-0.4, -0.2) is 43.1 Å². The number of halogens is 2. The summed E-state index contributed by atoms with van der Waals surface area (Å²) in [5, 5.41) is 9.60. The van der Waals surface area contributed by atoms with Crippen LogP contribution in [0.2, 0.25) is 5.02 Å². The molecule has 4 fully saturated rings. The van der Waals surface area contributed by atoms with Gasteiger partial charge in [-0.3, -0.25) is 9.59 Å². The van der Waals surface area contributed by atoms with Crippen molar-refractivity contribution >= 4 is 23.4 Å². The third-order valence-electron chi connectivity index (χ3n) is 6.77. The lowest BCUT2D eigenvalue weighted by atomic mass is 9.60. The molecule has 1 aromatic carbocycles. The fraction of sp³-hybridized carbons (Fsp3) is 0.636. The summed E-state index contributed by atoms with van der Waals surface area (Å²) in [6, 6.07) is 4.09. The summed E-state index contributed by atoms with van der Waals surface area (Å²) in [6.07, 6.45) is 4.76. The molecule has 1 heterocycles. The van der Waals surface area contributed by atoms with E-state index in [1.54, 1.807) is 0 Å². The molecule has 3 aliphatic carbocycles. The predicted molar refractivity (Wildman–Crippen MR) is 112 cm³/mol. The Kier molecular flexibility index (Phi) is 6.48. The molecule has 1 saturated heterocycles. The number of ether oxygens (including phenoxy) is 1. The SMILES string of the molecule is CC1CCNC(C(=O)NC2CC(NC(=O)COc3ccc(Cl)c(F)c3)C3CC2C3)C1. The van der Waals surface area contributed by atoms with Crippen molar-refractivity contribution in [2.45, 2.75) is 57.2 Å². The maximum Gasteiger partial charge on any atom is 0.258 e. The smallest absolute Gasteiger partial charge is 0.258 e. The van der Waals surface area contributed by atoms with Crippen LogP contribution in [0, 0.1) is 23.6 Å². The summed E-state index contributed by atoms with van der Waals surface area (Å²) in [5.74, 6) is 1.03. The molecule has 0 aromatic heterocycles. The zero-order chi connectivity index (χ0) is 21.3. The van der Waals surface area contributed by atoms with Crippen molar-refractivity contribution in [3.05, 3.63) is 29.0 Å². The van der Waals surface area contributed by atoms with Crippen LogP contribution in [0.5, 0.6) is 5.75 Å². The zero-order valence-electron chi connectivity index (χ0n) is 17.1. The Morgan fingerprint density at radius 1 is 1.17 bits per heavy atom. The number of carbonyl (C=O) groups is 2. The fourth-order valence-corrected chi connectivity index (χ4v) is 5.05. The average molecular weight is 438 g/mol. The molecule has 0 radical (unpaired) electrons. The highest BCUT2D eigenvalue weighted by molar-refractivity contribution is 6.30. The first kappa shape index (κ1) is 21.4. The van der Waals surface area contributed by atoms with Crippen molar-refractivity contribution in [2.24, 2.45) is 17.8 Å². The molecule has 4 atom stereocenters. The lowest BCUT2D eigenvalue weighted by Gasteiger charge is -2.51. The number of piperidine rings is 1. The van der Waals surface area contributed by atoms with Gasteiger partial charge in [-0.25, -0.2) is 4.39 Å². The first-order valence-corrected chi connectivity index (χ1v) is 11.2. The number of hydrogen-bond acceptors (Lipinski definition) is 4. The maximum absolute atomic E-state index is 13.5. The predicted octanol–water partition coefficient (Wildman–Crippen LogP) is 2.65. The van der Waals surface area contributed by atoms with Crippen LogP contribution in [0.4, 0.5) is 4.39 Å². The first-order chi connectivity index (χ1) is 14.4. The van der Waals surface area contributed by atoms with E-state index in [-0.39, 0.29) is 47.3 Å². The summed E-state index contributed by atoms with van der Waals surface area (Å²) in [7, 11) is 0. The first-order valence-electron chi connectivity index (χ1n) is 10.8. The van der Waals surface area contributed by atoms with Crippen molar-refractivity contribution in [3.8, 4) is 5.75 Å². The van der Waals surface area contributed by atoms with Crippen LogP contribution >= 0.6 is 11.6 Å². The van der Waals surface area contributed by atoms with Gasteiger partial charge in [0, 0.05) is 18.2 Å². The topological polar surface area (TPSA) is 79.5 Å². The number of amides is 2. The Bertz CT molecular complexity index is 802. The molecule has 4 aliphatic rings. The van der Waals surface area contributed by atoms with Crippen molar-refractivity contribution in [1.82, 2.24) is 16.0 Å². The van der Waals surface area contributed by atoms with Crippen LogP contribution in [0.1, 0.15) is 39.0 Å². The minimum Gasteiger partial charge on any atom is -0.484 e. The van der Waals surface area contributed by atoms with E-state index in [0.29, 0.717) is 17.8 Å². The largest absolute Gasteiger partial charge is 0.484 e. The number of hydrogen-bond donors (Lipinski definition) is 3. The Labute approximate surface area is 181 Å². The molecule has 1 aliphatic heterocycles. The Hall–Kier alpha value is -1.86. The fourth-order valence-electron chi connectivity index (χ4n) is 4.93. The van der Waals surface area contributed by atoms with E-state index in [1.165, 1.54) is 18.2 Å². The minimum atomic E-state index is -0.581. The third kappa shape index (κ3) is 4.89. The van der Waals surface area contributed by atoms with Crippen molar-refractivity contribution < 1.29 is 18.7 Å². The van der Waals surface area contributed by atoms with Crippen molar-refractivity contribution in [3.63, 3.8) is 0 Å². The van der Waals surface area contributed by atoms with Crippen LogP contribution in [0.25, 0.3) is 0 Å². The van der Waals surface area contributed by atoms with E-state index in [0.717, 1.165) is 38.6 Å². The molecule has 3 saturated carbocycles. The molecule has 4 unspecified atom stereocenters. The van der Waals surface area contributed by atoms with Crippen LogP contribution in [0.3, 0.4) is 0 Å². The van der Waals surface area contributed by atoms with Gasteiger partial charge in [-0.1, -0.05) is 18.5 Å². The number of carbonyl (C=O) groups excluding carboxylic acids is 2. The molecule has 6 nitrogen and oxygen atoms in total. The van der Waals surface area contributed by atoms with Gasteiger partial charge in [-0.05, 0) is 68.5 Å². The summed E-state index contributed by atoms with van der Waals surface area (Å²) >= 11 is 5.66. The van der Waals surface area contributed by atoms with Crippen LogP contribution in [-0.2, 0) is 9.59 Å². The quantitative estimate of drug-likeness (QED) is 0.639. The van der Waals surface area contributed by atoms with Crippen molar-refractivity contribution in [2.75, 3.05) is 13.2 Å². The maximum atomic E-state index is 13.5. The van der Waals surface area contributed by atoms with Gasteiger partial charge in [0.15, 0.2) is 6.61 Å². The summed E-state index contributed by atoms with van der Waals surface area (Å²) in [5.41, 5.74) is 0. The van der Waals surface area contributed by atoms with Gasteiger partial charge >= 0.3 is 0 Å². The number of fused-ring (bicyclic) bond motifs is 2. The molecule has 164 valence electrons. The molecule has 8 heteroatoms. The summed E-state index contributed by atoms with van der Waals surface area (Å²) in [4.78, 5) is 25.1. The van der Waals surface area contributed by atoms with Gasteiger partial charge in [0.25, 0.3) is 5.91 Å². The number of benzene rings is 1. The highest BCUT2D eigenvalue weighted by atomic mass is 35.5. The molecule has 2 bridgehead atoms. The monoisotopic (exact) mass is 437 g/mol. The zero-order valence-corrected chi connectivity index (χ0v) is 17.9. The highest BCUT2D eigenvalue weighted by Gasteiger charge is 2.47. The normalized spacial score (nSPS) is 32.6. The molecule has 2 amide bonds. The number of rotatable bonds is 6. The highest BCUT2D eigenvalue weighted by Crippen LogP contribution is 2.45. The van der Waals surface area contributed by atoms with Crippen LogP contribution in [0.15, 0.2) is 18.2 Å². The Morgan fingerprint density at radius 2 is 1.90 bits per heavy atom. The second kappa shape index (κ2) is 9.10. The molecular formula is C22H29ClFN3O3. The van der Waals surface area contributed by atoms with Crippen molar-refractivity contribution in [1.29, 1.82) is 0 Å². The molecule has 30 heavy (non-hydrogen) atoms.